The number of nitrogens with zero attached hydrogens (tertiary/aromatic N) is 2. The van der Waals surface area contributed by atoms with Crippen LogP contribution < -0.4 is 5.73 Å². The van der Waals surface area contributed by atoms with Crippen molar-refractivity contribution >= 4 is 0 Å². The van der Waals surface area contributed by atoms with Gasteiger partial charge in [-0.15, -0.1) is 0 Å². The third-order valence-electron chi connectivity index (χ3n) is 3.77. The largest absolute Gasteiger partial charge is 0.339 e. The molecule has 1 unspecified atom stereocenters. The molecule has 4 nitrogen and oxygen atoms in total. The van der Waals surface area contributed by atoms with Crippen LogP contribution in [-0.4, -0.2) is 15.7 Å². The number of nitrogens with two attached hydrogens (primary N) is 1. The van der Waals surface area contributed by atoms with Gasteiger partial charge in [-0.1, -0.05) is 29.4 Å². The second kappa shape index (κ2) is 5.02. The Bertz CT molecular complexity index is 598. The van der Waals surface area contributed by atoms with Crippen LogP contribution in [-0.2, 0) is 12.8 Å². The smallest absolute Gasteiger partial charge is 0.228 e. The van der Waals surface area contributed by atoms with E-state index in [0.29, 0.717) is 12.3 Å². The minimum absolute atomic E-state index is 0.262. The monoisotopic (exact) mass is 271 g/mol. The third kappa shape index (κ3) is 2.75. The first-order chi connectivity index (χ1) is 9.53. The maximum atomic E-state index is 6.00. The number of hydrogen-bond donors (Lipinski definition) is 1. The Morgan fingerprint density at radius 3 is 2.95 bits per heavy atom. The molecule has 1 aliphatic carbocycles. The first-order valence-corrected chi connectivity index (χ1v) is 7.22. The summed E-state index contributed by atoms with van der Waals surface area (Å²) in [6.45, 7) is 3.93. The summed E-state index contributed by atoms with van der Waals surface area (Å²) >= 11 is 0. The number of benzene rings is 1. The molecule has 2 aromatic rings. The summed E-state index contributed by atoms with van der Waals surface area (Å²) < 4.78 is 5.37. The van der Waals surface area contributed by atoms with Crippen molar-refractivity contribution in [2.45, 2.75) is 51.0 Å². The molecule has 0 aliphatic heterocycles. The molecule has 0 spiro atoms. The van der Waals surface area contributed by atoms with Gasteiger partial charge in [0, 0.05) is 17.9 Å². The van der Waals surface area contributed by atoms with Crippen molar-refractivity contribution in [2.24, 2.45) is 5.73 Å². The van der Waals surface area contributed by atoms with E-state index < -0.39 is 0 Å². The van der Waals surface area contributed by atoms with Crippen LogP contribution in [0.5, 0.6) is 0 Å². The summed E-state index contributed by atoms with van der Waals surface area (Å²) in [4.78, 5) is 4.56. The van der Waals surface area contributed by atoms with Crippen LogP contribution in [0.25, 0.3) is 0 Å². The molecule has 106 valence electrons. The van der Waals surface area contributed by atoms with Crippen molar-refractivity contribution in [3.8, 4) is 0 Å². The van der Waals surface area contributed by atoms with Crippen LogP contribution >= 0.6 is 0 Å². The predicted molar refractivity (Wildman–Crippen MR) is 77.5 cm³/mol. The minimum Gasteiger partial charge on any atom is -0.339 e. The Kier molecular flexibility index (Phi) is 3.34. The Labute approximate surface area is 119 Å². The molecule has 1 atom stereocenters. The molecule has 1 aromatic carbocycles. The highest BCUT2D eigenvalue weighted by atomic mass is 16.5. The molecule has 1 aliphatic rings. The molecule has 0 saturated heterocycles. The number of aryl methyl sites for hydroxylation is 1. The second-order valence-electron chi connectivity index (χ2n) is 6.36. The van der Waals surface area contributed by atoms with E-state index in [1.54, 1.807) is 0 Å². The Morgan fingerprint density at radius 1 is 1.35 bits per heavy atom. The fraction of sp³-hybridized carbons (Fsp3) is 0.500. The van der Waals surface area contributed by atoms with Gasteiger partial charge in [0.05, 0.1) is 0 Å². The van der Waals surface area contributed by atoms with E-state index >= 15 is 0 Å². The lowest BCUT2D eigenvalue weighted by Crippen LogP contribution is -2.34. The topological polar surface area (TPSA) is 64.9 Å². The van der Waals surface area contributed by atoms with E-state index in [9.17, 15) is 0 Å². The van der Waals surface area contributed by atoms with E-state index in [1.165, 1.54) is 17.5 Å². The van der Waals surface area contributed by atoms with Gasteiger partial charge in [-0.3, -0.25) is 0 Å². The highest BCUT2D eigenvalue weighted by Gasteiger charge is 2.26. The zero-order chi connectivity index (χ0) is 14.2. The average Bonchev–Trinajstić information content (AvgIpc) is 2.84. The average molecular weight is 271 g/mol. The number of aromatic nitrogens is 2. The minimum atomic E-state index is -0.325. The molecule has 0 saturated carbocycles. The molecule has 0 fully saturated rings. The van der Waals surface area contributed by atoms with E-state index in [-0.39, 0.29) is 11.5 Å². The zero-order valence-electron chi connectivity index (χ0n) is 12.1. The molecule has 0 radical (unpaired) electrons. The fourth-order valence-corrected chi connectivity index (χ4v) is 2.89. The molecule has 20 heavy (non-hydrogen) atoms. The van der Waals surface area contributed by atoms with Gasteiger partial charge >= 0.3 is 0 Å². The lowest BCUT2D eigenvalue weighted by Gasteiger charge is -2.22. The van der Waals surface area contributed by atoms with Gasteiger partial charge in [-0.05, 0) is 44.2 Å². The van der Waals surface area contributed by atoms with Crippen molar-refractivity contribution < 1.29 is 4.52 Å². The van der Waals surface area contributed by atoms with Crippen LogP contribution in [0.15, 0.2) is 28.8 Å². The van der Waals surface area contributed by atoms with E-state index in [0.717, 1.165) is 18.7 Å². The van der Waals surface area contributed by atoms with Crippen molar-refractivity contribution in [3.63, 3.8) is 0 Å². The van der Waals surface area contributed by atoms with Crippen molar-refractivity contribution in [1.82, 2.24) is 10.1 Å². The van der Waals surface area contributed by atoms with Gasteiger partial charge in [0.2, 0.25) is 5.89 Å². The summed E-state index contributed by atoms with van der Waals surface area (Å²) in [6.07, 6.45) is 4.01. The third-order valence-corrected chi connectivity index (χ3v) is 3.77. The number of rotatable bonds is 3. The summed E-state index contributed by atoms with van der Waals surface area (Å²) in [5.74, 6) is 1.70. The molecule has 1 aromatic heterocycles. The van der Waals surface area contributed by atoms with Crippen LogP contribution in [0, 0.1) is 0 Å². The molecule has 1 heterocycles. The van der Waals surface area contributed by atoms with Crippen molar-refractivity contribution in [1.29, 1.82) is 0 Å². The summed E-state index contributed by atoms with van der Waals surface area (Å²) in [6, 6.07) is 8.56. The van der Waals surface area contributed by atoms with E-state index in [1.807, 2.05) is 13.8 Å². The zero-order valence-corrected chi connectivity index (χ0v) is 12.1. The number of fused-ring (bicyclic) bond motifs is 1. The molecular formula is C16H21N3O. The molecule has 0 bridgehead atoms. The summed E-state index contributed by atoms with van der Waals surface area (Å²) in [5.41, 5.74) is 8.44. The van der Waals surface area contributed by atoms with Crippen molar-refractivity contribution in [2.75, 3.05) is 0 Å². The lowest BCUT2D eigenvalue weighted by molar-refractivity contribution is 0.343. The Balaban J connectivity index is 1.88. The number of hydrogen-bond acceptors (Lipinski definition) is 4. The van der Waals surface area contributed by atoms with Gasteiger partial charge in [0.1, 0.15) is 0 Å². The Hall–Kier alpha value is -1.68. The normalized spacial score (nSPS) is 18.9. The molecule has 0 amide bonds. The van der Waals surface area contributed by atoms with Gasteiger partial charge in [0.25, 0.3) is 0 Å². The predicted octanol–water partition coefficient (Wildman–Crippen LogP) is 2.82. The van der Waals surface area contributed by atoms with Gasteiger partial charge in [-0.2, -0.15) is 4.98 Å². The highest BCUT2D eigenvalue weighted by Crippen LogP contribution is 2.35. The SMILES string of the molecule is CC(C)(N)Cc1nc(C2CCCc3ccccc32)no1. The molecule has 3 rings (SSSR count). The standard InChI is InChI=1S/C16H21N3O/c1-16(2,17)10-14-18-15(19-20-14)13-9-5-7-11-6-3-4-8-12(11)13/h3-4,6,8,13H,5,7,9-10,17H2,1-2H3. The summed E-state index contributed by atoms with van der Waals surface area (Å²) in [5, 5.41) is 4.18. The quantitative estimate of drug-likeness (QED) is 0.932. The first kappa shape index (κ1) is 13.3. The molecular weight excluding hydrogens is 250 g/mol. The van der Waals surface area contributed by atoms with Crippen LogP contribution in [0.2, 0.25) is 0 Å². The maximum Gasteiger partial charge on any atom is 0.228 e. The second-order valence-corrected chi connectivity index (χ2v) is 6.36. The molecule has 4 heteroatoms. The fourth-order valence-electron chi connectivity index (χ4n) is 2.89. The van der Waals surface area contributed by atoms with Gasteiger partial charge in [0.15, 0.2) is 5.82 Å². The van der Waals surface area contributed by atoms with E-state index in [4.69, 9.17) is 10.3 Å². The highest BCUT2D eigenvalue weighted by molar-refractivity contribution is 5.36. The first-order valence-electron chi connectivity index (χ1n) is 7.22. The summed E-state index contributed by atoms with van der Waals surface area (Å²) in [7, 11) is 0. The Morgan fingerprint density at radius 2 is 2.15 bits per heavy atom. The van der Waals surface area contributed by atoms with Crippen LogP contribution in [0.4, 0.5) is 0 Å². The van der Waals surface area contributed by atoms with Gasteiger partial charge < -0.3 is 10.3 Å². The van der Waals surface area contributed by atoms with Gasteiger partial charge in [-0.25, -0.2) is 0 Å². The van der Waals surface area contributed by atoms with Crippen LogP contribution in [0.3, 0.4) is 0 Å². The van der Waals surface area contributed by atoms with E-state index in [2.05, 4.69) is 34.4 Å². The van der Waals surface area contributed by atoms with Crippen molar-refractivity contribution in [3.05, 3.63) is 47.1 Å². The lowest BCUT2D eigenvalue weighted by atomic mass is 9.82. The maximum absolute atomic E-state index is 6.00. The molecule has 2 N–H and O–H groups in total. The van der Waals surface area contributed by atoms with Crippen LogP contribution in [0.1, 0.15) is 55.4 Å².